The highest BCUT2D eigenvalue weighted by Crippen LogP contribution is 2.28. The van der Waals surface area contributed by atoms with Crippen molar-refractivity contribution >= 4 is 15.8 Å². The molecule has 1 aliphatic heterocycles. The van der Waals surface area contributed by atoms with Crippen molar-refractivity contribution in [2.75, 3.05) is 18.4 Å². The zero-order chi connectivity index (χ0) is 14.8. The van der Waals surface area contributed by atoms with Gasteiger partial charge in [-0.3, -0.25) is 0 Å². The van der Waals surface area contributed by atoms with E-state index in [1.807, 2.05) is 13.8 Å². The first-order chi connectivity index (χ1) is 9.45. The third kappa shape index (κ3) is 3.12. The van der Waals surface area contributed by atoms with E-state index in [9.17, 15) is 8.42 Å². The Morgan fingerprint density at radius 3 is 2.85 bits per heavy atom. The quantitative estimate of drug-likeness (QED) is 0.926. The Labute approximate surface area is 121 Å². The molecule has 0 saturated carbocycles. The van der Waals surface area contributed by atoms with Gasteiger partial charge in [-0.05, 0) is 38.7 Å². The molecule has 1 fully saturated rings. The summed E-state index contributed by atoms with van der Waals surface area (Å²) in [4.78, 5) is 4.45. The van der Waals surface area contributed by atoms with Crippen LogP contribution in [0.25, 0.3) is 0 Å². The highest BCUT2D eigenvalue weighted by Gasteiger charge is 2.33. The Kier molecular flexibility index (Phi) is 4.65. The summed E-state index contributed by atoms with van der Waals surface area (Å²) in [6, 6.07) is 3.25. The molecule has 0 bridgehead atoms. The van der Waals surface area contributed by atoms with E-state index in [0.29, 0.717) is 29.7 Å². The van der Waals surface area contributed by atoms with Gasteiger partial charge >= 0.3 is 0 Å². The van der Waals surface area contributed by atoms with Gasteiger partial charge in [0.15, 0.2) is 0 Å². The first-order valence-corrected chi connectivity index (χ1v) is 8.61. The van der Waals surface area contributed by atoms with Crippen LogP contribution in [0.5, 0.6) is 0 Å². The van der Waals surface area contributed by atoms with Crippen LogP contribution in [0.15, 0.2) is 23.2 Å². The molecular weight excluding hydrogens is 274 g/mol. The lowest BCUT2D eigenvalue weighted by atomic mass is 9.97. The summed E-state index contributed by atoms with van der Waals surface area (Å²) >= 11 is 0. The Morgan fingerprint density at radius 2 is 2.15 bits per heavy atom. The van der Waals surface area contributed by atoms with E-state index in [1.165, 1.54) is 0 Å². The highest BCUT2D eigenvalue weighted by atomic mass is 32.2. The van der Waals surface area contributed by atoms with Crippen LogP contribution in [0.4, 0.5) is 5.82 Å². The topological polar surface area (TPSA) is 62.3 Å². The molecule has 0 aromatic carbocycles. The lowest BCUT2D eigenvalue weighted by Gasteiger charge is -2.35. The zero-order valence-corrected chi connectivity index (χ0v) is 13.2. The number of nitrogens with zero attached hydrogens (tertiary/aromatic N) is 2. The van der Waals surface area contributed by atoms with E-state index in [-0.39, 0.29) is 6.04 Å². The number of hydrogen-bond donors (Lipinski definition) is 1. The van der Waals surface area contributed by atoms with Crippen LogP contribution < -0.4 is 5.32 Å². The van der Waals surface area contributed by atoms with Crippen molar-refractivity contribution in [3.63, 3.8) is 0 Å². The third-order valence-corrected chi connectivity index (χ3v) is 5.73. The molecule has 0 radical (unpaired) electrons. The zero-order valence-electron chi connectivity index (χ0n) is 12.3. The van der Waals surface area contributed by atoms with Crippen LogP contribution in [0.3, 0.4) is 0 Å². The van der Waals surface area contributed by atoms with Crippen LogP contribution in [0, 0.1) is 5.92 Å². The molecule has 20 heavy (non-hydrogen) atoms. The largest absolute Gasteiger partial charge is 0.370 e. The second-order valence-electron chi connectivity index (χ2n) is 5.51. The highest BCUT2D eigenvalue weighted by molar-refractivity contribution is 7.89. The molecule has 2 unspecified atom stereocenters. The number of piperidine rings is 1. The van der Waals surface area contributed by atoms with Gasteiger partial charge in [-0.15, -0.1) is 0 Å². The predicted octanol–water partition coefficient (Wildman–Crippen LogP) is 2.32. The Morgan fingerprint density at radius 1 is 1.40 bits per heavy atom. The summed E-state index contributed by atoms with van der Waals surface area (Å²) in [5.41, 5.74) is 0. The molecule has 1 aliphatic rings. The summed E-state index contributed by atoms with van der Waals surface area (Å²) in [6.07, 6.45) is 3.56. The minimum atomic E-state index is -3.43. The maximum atomic E-state index is 12.8. The SMILES string of the molecule is CCNc1cc(S(=O)(=O)N2CC(C)CCC2C)ccn1. The van der Waals surface area contributed by atoms with E-state index in [0.717, 1.165) is 12.8 Å². The van der Waals surface area contributed by atoms with E-state index >= 15 is 0 Å². The van der Waals surface area contributed by atoms with E-state index < -0.39 is 10.0 Å². The minimum absolute atomic E-state index is 0.0620. The number of pyridine rings is 1. The van der Waals surface area contributed by atoms with Crippen LogP contribution in [-0.2, 0) is 10.0 Å². The fourth-order valence-electron chi connectivity index (χ4n) is 2.57. The van der Waals surface area contributed by atoms with Gasteiger partial charge in [-0.1, -0.05) is 6.92 Å². The molecule has 0 amide bonds. The first-order valence-electron chi connectivity index (χ1n) is 7.17. The average molecular weight is 297 g/mol. The number of aromatic nitrogens is 1. The second kappa shape index (κ2) is 6.10. The average Bonchev–Trinajstić information content (AvgIpc) is 2.42. The van der Waals surface area contributed by atoms with Crippen LogP contribution >= 0.6 is 0 Å². The van der Waals surface area contributed by atoms with Gasteiger partial charge in [0.2, 0.25) is 10.0 Å². The predicted molar refractivity (Wildman–Crippen MR) is 80.2 cm³/mol. The van der Waals surface area contributed by atoms with E-state index in [2.05, 4.69) is 17.2 Å². The third-order valence-electron chi connectivity index (χ3n) is 3.76. The van der Waals surface area contributed by atoms with Gasteiger partial charge in [-0.25, -0.2) is 13.4 Å². The van der Waals surface area contributed by atoms with Gasteiger partial charge in [0.1, 0.15) is 5.82 Å². The van der Waals surface area contributed by atoms with Crippen molar-refractivity contribution in [3.05, 3.63) is 18.3 Å². The van der Waals surface area contributed by atoms with Crippen molar-refractivity contribution in [2.24, 2.45) is 5.92 Å². The van der Waals surface area contributed by atoms with Crippen molar-refractivity contribution < 1.29 is 8.42 Å². The fourth-order valence-corrected chi connectivity index (χ4v) is 4.36. The molecule has 0 aliphatic carbocycles. The lowest BCUT2D eigenvalue weighted by molar-refractivity contribution is 0.218. The molecule has 1 N–H and O–H groups in total. The smallest absolute Gasteiger partial charge is 0.243 e. The maximum Gasteiger partial charge on any atom is 0.243 e. The molecule has 1 aromatic heterocycles. The van der Waals surface area contributed by atoms with E-state index in [1.54, 1.807) is 22.6 Å². The molecule has 2 rings (SSSR count). The molecule has 5 nitrogen and oxygen atoms in total. The second-order valence-corrected chi connectivity index (χ2v) is 7.40. The molecule has 2 heterocycles. The summed E-state index contributed by atoms with van der Waals surface area (Å²) in [6.45, 7) is 7.36. The summed E-state index contributed by atoms with van der Waals surface area (Å²) in [7, 11) is -3.43. The summed E-state index contributed by atoms with van der Waals surface area (Å²) < 4.78 is 27.2. The summed E-state index contributed by atoms with van der Waals surface area (Å²) in [5, 5.41) is 3.05. The number of anilines is 1. The van der Waals surface area contributed by atoms with Gasteiger partial charge in [0, 0.05) is 31.4 Å². The van der Waals surface area contributed by atoms with Crippen LogP contribution in [-0.4, -0.2) is 36.8 Å². The number of sulfonamides is 1. The van der Waals surface area contributed by atoms with Crippen molar-refractivity contribution in [3.8, 4) is 0 Å². The van der Waals surface area contributed by atoms with Gasteiger partial charge in [0.25, 0.3) is 0 Å². The van der Waals surface area contributed by atoms with Gasteiger partial charge < -0.3 is 5.32 Å². The lowest BCUT2D eigenvalue weighted by Crippen LogP contribution is -2.44. The summed E-state index contributed by atoms with van der Waals surface area (Å²) in [5.74, 6) is 1.02. The van der Waals surface area contributed by atoms with Crippen molar-refractivity contribution in [2.45, 2.75) is 44.6 Å². The number of nitrogens with one attached hydrogen (secondary N) is 1. The van der Waals surface area contributed by atoms with Crippen LogP contribution in [0.1, 0.15) is 33.6 Å². The van der Waals surface area contributed by atoms with Crippen molar-refractivity contribution in [1.82, 2.24) is 9.29 Å². The molecule has 112 valence electrons. The number of hydrogen-bond acceptors (Lipinski definition) is 4. The molecule has 0 spiro atoms. The van der Waals surface area contributed by atoms with Crippen molar-refractivity contribution in [1.29, 1.82) is 0 Å². The maximum absolute atomic E-state index is 12.8. The van der Waals surface area contributed by atoms with E-state index in [4.69, 9.17) is 0 Å². The fraction of sp³-hybridized carbons (Fsp3) is 0.643. The standard InChI is InChI=1S/C14H23N3O2S/c1-4-15-14-9-13(7-8-16-14)20(18,19)17-10-11(2)5-6-12(17)3/h7-9,11-12H,4-6,10H2,1-3H3,(H,15,16). The molecule has 1 aromatic rings. The molecule has 6 heteroatoms. The van der Waals surface area contributed by atoms with Gasteiger partial charge in [0.05, 0.1) is 4.90 Å². The minimum Gasteiger partial charge on any atom is -0.370 e. The Balaban J connectivity index is 2.31. The van der Waals surface area contributed by atoms with Crippen LogP contribution in [0.2, 0.25) is 0 Å². The monoisotopic (exact) mass is 297 g/mol. The normalized spacial score (nSPS) is 24.6. The molecule has 2 atom stereocenters. The Bertz CT molecular complexity index is 559. The Hall–Kier alpha value is -1.14. The molecule has 1 saturated heterocycles. The first kappa shape index (κ1) is 15.3. The number of rotatable bonds is 4. The van der Waals surface area contributed by atoms with Gasteiger partial charge in [-0.2, -0.15) is 4.31 Å². The molecular formula is C14H23N3O2S.